The zero-order valence-corrected chi connectivity index (χ0v) is 11.6. The van der Waals surface area contributed by atoms with Crippen molar-refractivity contribution in [3.8, 4) is 0 Å². The maximum absolute atomic E-state index is 11.3. The Morgan fingerprint density at radius 3 is 2.35 bits per heavy atom. The molecule has 2 rings (SSSR count). The third-order valence-electron chi connectivity index (χ3n) is 2.90. The fraction of sp³-hybridized carbons (Fsp3) is 0.267. The summed E-state index contributed by atoms with van der Waals surface area (Å²) in [6.45, 7) is 5.83. The van der Waals surface area contributed by atoms with Gasteiger partial charge in [0.1, 0.15) is 5.57 Å². The Bertz CT molecular complexity index is 639. The standard InChI is InChI=1S/C15H16N2O3/c1-9(2)12-6-4-11(5-7-12)8-13(15(18)19)14-17-16-10(3)20-14/h4-9H,1-3H3,(H,18,19)/b13-8-. The van der Waals surface area contributed by atoms with E-state index in [1.807, 2.05) is 24.3 Å². The van der Waals surface area contributed by atoms with Gasteiger partial charge in [-0.3, -0.25) is 0 Å². The quantitative estimate of drug-likeness (QED) is 0.865. The minimum atomic E-state index is -1.10. The van der Waals surface area contributed by atoms with Gasteiger partial charge in [-0.1, -0.05) is 38.1 Å². The Morgan fingerprint density at radius 1 is 1.25 bits per heavy atom. The van der Waals surface area contributed by atoms with Crippen LogP contribution in [0.3, 0.4) is 0 Å². The number of aryl methyl sites for hydroxylation is 1. The van der Waals surface area contributed by atoms with E-state index in [0.717, 1.165) is 5.56 Å². The van der Waals surface area contributed by atoms with E-state index in [0.29, 0.717) is 11.8 Å². The third kappa shape index (κ3) is 3.12. The average Bonchev–Trinajstić information content (AvgIpc) is 2.82. The molecule has 0 unspecified atom stereocenters. The minimum absolute atomic E-state index is 0.0112. The van der Waals surface area contributed by atoms with Crippen molar-refractivity contribution in [2.24, 2.45) is 0 Å². The van der Waals surface area contributed by atoms with Crippen LogP contribution in [0.1, 0.15) is 42.7 Å². The van der Waals surface area contributed by atoms with Crippen molar-refractivity contribution in [2.45, 2.75) is 26.7 Å². The summed E-state index contributed by atoms with van der Waals surface area (Å²) < 4.78 is 5.17. The van der Waals surface area contributed by atoms with Gasteiger partial charge in [-0.05, 0) is 23.1 Å². The second-order valence-electron chi connectivity index (χ2n) is 4.81. The van der Waals surface area contributed by atoms with Crippen LogP contribution >= 0.6 is 0 Å². The summed E-state index contributed by atoms with van der Waals surface area (Å²) in [6, 6.07) is 7.72. The van der Waals surface area contributed by atoms with Crippen LogP contribution in [-0.2, 0) is 4.79 Å². The molecule has 1 aromatic carbocycles. The van der Waals surface area contributed by atoms with Crippen LogP contribution in [0.15, 0.2) is 28.7 Å². The molecule has 0 aliphatic carbocycles. The lowest BCUT2D eigenvalue weighted by atomic mass is 10.0. The van der Waals surface area contributed by atoms with E-state index in [4.69, 9.17) is 4.42 Å². The highest BCUT2D eigenvalue weighted by Crippen LogP contribution is 2.20. The topological polar surface area (TPSA) is 76.2 Å². The fourth-order valence-corrected chi connectivity index (χ4v) is 1.76. The molecule has 0 amide bonds. The second-order valence-corrected chi connectivity index (χ2v) is 4.81. The number of carboxylic acids is 1. The second kappa shape index (κ2) is 5.69. The Morgan fingerprint density at radius 2 is 1.90 bits per heavy atom. The monoisotopic (exact) mass is 272 g/mol. The number of rotatable bonds is 4. The average molecular weight is 272 g/mol. The number of benzene rings is 1. The summed E-state index contributed by atoms with van der Waals surface area (Å²) in [5.74, 6) is -0.308. The summed E-state index contributed by atoms with van der Waals surface area (Å²) in [7, 11) is 0. The molecule has 1 N–H and O–H groups in total. The SMILES string of the molecule is Cc1nnc(/C(=C/c2ccc(C(C)C)cc2)C(=O)O)o1. The number of nitrogens with zero attached hydrogens (tertiary/aromatic N) is 2. The lowest BCUT2D eigenvalue weighted by molar-refractivity contribution is -0.130. The van der Waals surface area contributed by atoms with Crippen LogP contribution in [0.5, 0.6) is 0 Å². The van der Waals surface area contributed by atoms with Gasteiger partial charge in [0.25, 0.3) is 5.89 Å². The lowest BCUT2D eigenvalue weighted by Gasteiger charge is -2.05. The van der Waals surface area contributed by atoms with Crippen LogP contribution in [0.25, 0.3) is 11.6 Å². The van der Waals surface area contributed by atoms with Crippen LogP contribution in [0, 0.1) is 6.92 Å². The number of hydrogen-bond acceptors (Lipinski definition) is 4. The summed E-state index contributed by atoms with van der Waals surface area (Å²) in [5, 5.41) is 16.6. The Balaban J connectivity index is 2.36. The smallest absolute Gasteiger partial charge is 0.341 e. The highest BCUT2D eigenvalue weighted by atomic mass is 16.4. The lowest BCUT2D eigenvalue weighted by Crippen LogP contribution is -2.00. The van der Waals surface area contributed by atoms with Crippen molar-refractivity contribution in [3.63, 3.8) is 0 Å². The van der Waals surface area contributed by atoms with Gasteiger partial charge in [0.2, 0.25) is 5.89 Å². The normalized spacial score (nSPS) is 11.9. The molecular weight excluding hydrogens is 256 g/mol. The molecule has 5 heteroatoms. The Kier molecular flexibility index (Phi) is 3.98. The zero-order valence-electron chi connectivity index (χ0n) is 11.6. The van der Waals surface area contributed by atoms with Crippen molar-refractivity contribution < 1.29 is 14.3 Å². The molecule has 1 aromatic heterocycles. The maximum atomic E-state index is 11.3. The molecule has 20 heavy (non-hydrogen) atoms. The molecule has 1 heterocycles. The van der Waals surface area contributed by atoms with Gasteiger partial charge in [-0.15, -0.1) is 10.2 Å². The van der Waals surface area contributed by atoms with Crippen molar-refractivity contribution >= 4 is 17.6 Å². The first-order valence-electron chi connectivity index (χ1n) is 6.33. The van der Waals surface area contributed by atoms with Crippen molar-refractivity contribution in [2.75, 3.05) is 0 Å². The molecule has 0 radical (unpaired) electrons. The van der Waals surface area contributed by atoms with Gasteiger partial charge in [-0.25, -0.2) is 4.79 Å². The molecule has 0 aliphatic heterocycles. The predicted molar refractivity (Wildman–Crippen MR) is 75.1 cm³/mol. The van der Waals surface area contributed by atoms with Crippen LogP contribution in [0.4, 0.5) is 0 Å². The fourth-order valence-electron chi connectivity index (χ4n) is 1.76. The largest absolute Gasteiger partial charge is 0.477 e. The van der Waals surface area contributed by atoms with Crippen molar-refractivity contribution in [1.82, 2.24) is 10.2 Å². The molecule has 104 valence electrons. The van der Waals surface area contributed by atoms with Crippen molar-refractivity contribution in [1.29, 1.82) is 0 Å². The van der Waals surface area contributed by atoms with E-state index in [1.54, 1.807) is 6.92 Å². The summed E-state index contributed by atoms with van der Waals surface area (Å²) in [4.78, 5) is 11.3. The molecule has 2 aromatic rings. The van der Waals surface area contributed by atoms with Gasteiger partial charge < -0.3 is 9.52 Å². The highest BCUT2D eigenvalue weighted by Gasteiger charge is 2.17. The van der Waals surface area contributed by atoms with E-state index in [-0.39, 0.29) is 11.5 Å². The first-order valence-corrected chi connectivity index (χ1v) is 6.33. The minimum Gasteiger partial charge on any atom is -0.477 e. The molecule has 0 atom stereocenters. The molecular formula is C15H16N2O3. The van der Waals surface area contributed by atoms with Gasteiger partial charge in [-0.2, -0.15) is 0 Å². The van der Waals surface area contributed by atoms with Gasteiger partial charge in [0.05, 0.1) is 0 Å². The Hall–Kier alpha value is -2.43. The maximum Gasteiger partial charge on any atom is 0.341 e. The third-order valence-corrected chi connectivity index (χ3v) is 2.90. The molecule has 5 nitrogen and oxygen atoms in total. The van der Waals surface area contributed by atoms with Gasteiger partial charge >= 0.3 is 5.97 Å². The predicted octanol–water partition coefficient (Wildman–Crippen LogP) is 3.13. The Labute approximate surface area is 117 Å². The first kappa shape index (κ1) is 14.0. The van der Waals surface area contributed by atoms with E-state index in [2.05, 4.69) is 24.0 Å². The first-order chi connectivity index (χ1) is 9.47. The van der Waals surface area contributed by atoms with Crippen LogP contribution in [0.2, 0.25) is 0 Å². The molecule has 0 saturated heterocycles. The van der Waals surface area contributed by atoms with E-state index in [1.165, 1.54) is 11.6 Å². The van der Waals surface area contributed by atoms with Crippen LogP contribution in [-0.4, -0.2) is 21.3 Å². The number of hydrogen-bond donors (Lipinski definition) is 1. The van der Waals surface area contributed by atoms with E-state index < -0.39 is 5.97 Å². The van der Waals surface area contributed by atoms with Gasteiger partial charge in [0, 0.05) is 6.92 Å². The molecule has 0 bridgehead atoms. The van der Waals surface area contributed by atoms with Gasteiger partial charge in [0.15, 0.2) is 0 Å². The summed E-state index contributed by atoms with van der Waals surface area (Å²) in [6.07, 6.45) is 1.53. The van der Waals surface area contributed by atoms with Crippen LogP contribution < -0.4 is 0 Å². The zero-order chi connectivity index (χ0) is 14.7. The molecule has 0 saturated carbocycles. The number of carboxylic acid groups (broad SMARTS) is 1. The highest BCUT2D eigenvalue weighted by molar-refractivity contribution is 6.19. The number of carbonyl (C=O) groups is 1. The molecule has 0 aliphatic rings. The summed E-state index contributed by atoms with van der Waals surface area (Å²) in [5.41, 5.74) is 1.97. The number of aromatic nitrogens is 2. The molecule has 0 spiro atoms. The van der Waals surface area contributed by atoms with E-state index in [9.17, 15) is 9.90 Å². The number of aliphatic carboxylic acids is 1. The summed E-state index contributed by atoms with van der Waals surface area (Å²) >= 11 is 0. The van der Waals surface area contributed by atoms with Crippen molar-refractivity contribution in [3.05, 3.63) is 47.2 Å². The molecule has 0 fully saturated rings. The van der Waals surface area contributed by atoms with E-state index >= 15 is 0 Å².